The average molecular weight is 451 g/mol. The number of rotatable bonds is 7. The normalized spacial score (nSPS) is 20.1. The van der Waals surface area contributed by atoms with Crippen molar-refractivity contribution in [2.75, 3.05) is 13.2 Å². The van der Waals surface area contributed by atoms with Gasteiger partial charge < -0.3 is 20.1 Å². The first-order valence-corrected chi connectivity index (χ1v) is 11.6. The molecule has 33 heavy (non-hydrogen) atoms. The second-order valence-corrected chi connectivity index (χ2v) is 8.67. The molecule has 0 aromatic heterocycles. The van der Waals surface area contributed by atoms with Gasteiger partial charge in [-0.15, -0.1) is 0 Å². The van der Waals surface area contributed by atoms with E-state index < -0.39 is 24.0 Å². The van der Waals surface area contributed by atoms with Crippen LogP contribution in [-0.4, -0.2) is 53.2 Å². The molecule has 1 aliphatic heterocycles. The highest BCUT2D eigenvalue weighted by Crippen LogP contribution is 2.44. The zero-order valence-electron chi connectivity index (χ0n) is 19.0. The number of carboxylic acid groups (broad SMARTS) is 1. The van der Waals surface area contributed by atoms with Crippen molar-refractivity contribution in [3.05, 3.63) is 59.7 Å². The van der Waals surface area contributed by atoms with Crippen LogP contribution in [0.15, 0.2) is 48.5 Å². The first-order valence-electron chi connectivity index (χ1n) is 11.6. The third kappa shape index (κ3) is 4.32. The standard InChI is InChI=1S/C26H30N2O5/c1-3-22(24(29)28-14-13-20(25(30)31)23(28)4-2)27-26(32)33-15-21-18-11-7-5-9-16(18)17-10-6-8-12-19(17)21/h5-12,20-23H,3-4,13-15H2,1-2H3,(H,27,32)(H,30,31)/t20?,22-,23?/m1/s1. The Morgan fingerprint density at radius 2 is 1.67 bits per heavy atom. The summed E-state index contributed by atoms with van der Waals surface area (Å²) in [5, 5.41) is 12.1. The van der Waals surface area contributed by atoms with Crippen molar-refractivity contribution < 1.29 is 24.2 Å². The van der Waals surface area contributed by atoms with Crippen LogP contribution in [0.1, 0.15) is 50.2 Å². The number of hydrogen-bond acceptors (Lipinski definition) is 4. The largest absolute Gasteiger partial charge is 0.481 e. The first-order chi connectivity index (χ1) is 16.0. The van der Waals surface area contributed by atoms with E-state index in [1.54, 1.807) is 4.90 Å². The molecular weight excluding hydrogens is 420 g/mol. The minimum atomic E-state index is -0.880. The summed E-state index contributed by atoms with van der Waals surface area (Å²) in [6.07, 6.45) is 0.748. The van der Waals surface area contributed by atoms with Gasteiger partial charge >= 0.3 is 12.1 Å². The molecule has 2 unspecified atom stereocenters. The van der Waals surface area contributed by atoms with Crippen molar-refractivity contribution in [2.24, 2.45) is 5.92 Å². The zero-order chi connectivity index (χ0) is 23.5. The van der Waals surface area contributed by atoms with E-state index in [9.17, 15) is 19.5 Å². The summed E-state index contributed by atoms with van der Waals surface area (Å²) >= 11 is 0. The van der Waals surface area contributed by atoms with Crippen LogP contribution in [0.5, 0.6) is 0 Å². The summed E-state index contributed by atoms with van der Waals surface area (Å²) in [6.45, 7) is 4.26. The van der Waals surface area contributed by atoms with Gasteiger partial charge in [-0.3, -0.25) is 9.59 Å². The van der Waals surface area contributed by atoms with Gasteiger partial charge in [-0.25, -0.2) is 4.79 Å². The van der Waals surface area contributed by atoms with Crippen LogP contribution in [0.3, 0.4) is 0 Å². The van der Waals surface area contributed by atoms with E-state index in [2.05, 4.69) is 29.6 Å². The zero-order valence-corrected chi connectivity index (χ0v) is 19.0. The number of likely N-dealkylation sites (tertiary alicyclic amines) is 1. The van der Waals surface area contributed by atoms with E-state index >= 15 is 0 Å². The van der Waals surface area contributed by atoms with Gasteiger partial charge in [0.05, 0.1) is 5.92 Å². The minimum absolute atomic E-state index is 0.0571. The summed E-state index contributed by atoms with van der Waals surface area (Å²) in [6, 6.07) is 15.1. The van der Waals surface area contributed by atoms with Gasteiger partial charge in [0.2, 0.25) is 5.91 Å². The Labute approximate surface area is 193 Å². The van der Waals surface area contributed by atoms with Crippen LogP contribution in [0.4, 0.5) is 4.79 Å². The summed E-state index contributed by atoms with van der Waals surface area (Å²) in [7, 11) is 0. The highest BCUT2D eigenvalue weighted by molar-refractivity contribution is 5.87. The number of nitrogens with zero attached hydrogens (tertiary/aromatic N) is 1. The molecule has 7 nitrogen and oxygen atoms in total. The van der Waals surface area contributed by atoms with Crippen LogP contribution in [0.2, 0.25) is 0 Å². The highest BCUT2D eigenvalue weighted by Gasteiger charge is 2.41. The number of ether oxygens (including phenoxy) is 1. The summed E-state index contributed by atoms with van der Waals surface area (Å²) < 4.78 is 5.58. The topological polar surface area (TPSA) is 95.9 Å². The van der Waals surface area contributed by atoms with Crippen LogP contribution in [0, 0.1) is 5.92 Å². The number of aliphatic carboxylic acids is 1. The van der Waals surface area contributed by atoms with E-state index in [-0.39, 0.29) is 24.5 Å². The predicted octanol–water partition coefficient (Wildman–Crippen LogP) is 4.02. The van der Waals surface area contributed by atoms with Crippen LogP contribution < -0.4 is 5.32 Å². The molecule has 0 spiro atoms. The lowest BCUT2D eigenvalue weighted by atomic mass is 9.98. The molecule has 1 saturated heterocycles. The monoisotopic (exact) mass is 450 g/mol. The molecule has 174 valence electrons. The van der Waals surface area contributed by atoms with E-state index in [0.29, 0.717) is 25.8 Å². The Morgan fingerprint density at radius 3 is 2.21 bits per heavy atom. The number of nitrogens with one attached hydrogen (secondary N) is 1. The van der Waals surface area contributed by atoms with Gasteiger partial charge in [-0.05, 0) is 41.5 Å². The van der Waals surface area contributed by atoms with Gasteiger partial charge in [-0.2, -0.15) is 0 Å². The van der Waals surface area contributed by atoms with Crippen molar-refractivity contribution in [3.8, 4) is 11.1 Å². The van der Waals surface area contributed by atoms with Crippen molar-refractivity contribution in [1.82, 2.24) is 10.2 Å². The fourth-order valence-electron chi connectivity index (χ4n) is 5.24. The van der Waals surface area contributed by atoms with Crippen molar-refractivity contribution >= 4 is 18.0 Å². The first kappa shape index (κ1) is 22.8. The number of carboxylic acids is 1. The second-order valence-electron chi connectivity index (χ2n) is 8.67. The molecule has 2 aromatic carbocycles. The number of alkyl carbamates (subject to hydrolysis) is 1. The Hall–Kier alpha value is -3.35. The lowest BCUT2D eigenvalue weighted by Gasteiger charge is -2.29. The number of benzene rings is 2. The molecule has 1 aliphatic carbocycles. The van der Waals surface area contributed by atoms with E-state index in [0.717, 1.165) is 22.3 Å². The molecule has 4 rings (SSSR count). The molecule has 0 saturated carbocycles. The Kier molecular flexibility index (Phi) is 6.67. The molecule has 2 amide bonds. The van der Waals surface area contributed by atoms with Gasteiger partial charge in [0.25, 0.3) is 0 Å². The molecule has 1 heterocycles. The van der Waals surface area contributed by atoms with Crippen molar-refractivity contribution in [2.45, 2.75) is 51.1 Å². The maximum Gasteiger partial charge on any atom is 0.407 e. The quantitative estimate of drug-likeness (QED) is 0.664. The minimum Gasteiger partial charge on any atom is -0.481 e. The molecule has 7 heteroatoms. The van der Waals surface area contributed by atoms with Crippen LogP contribution in [0.25, 0.3) is 11.1 Å². The van der Waals surface area contributed by atoms with Crippen LogP contribution >= 0.6 is 0 Å². The summed E-state index contributed by atoms with van der Waals surface area (Å²) in [5.41, 5.74) is 4.54. The third-order valence-electron chi connectivity index (χ3n) is 6.91. The number of fused-ring (bicyclic) bond motifs is 3. The molecule has 2 aromatic rings. The SMILES string of the molecule is CCC1C(C(=O)O)CCN1C(=O)[C@@H](CC)NC(=O)OCC1c2ccccc2-c2ccccc21. The highest BCUT2D eigenvalue weighted by atomic mass is 16.5. The Bertz CT molecular complexity index is 1010. The Morgan fingerprint density at radius 1 is 1.06 bits per heavy atom. The molecule has 3 atom stereocenters. The predicted molar refractivity (Wildman–Crippen MR) is 124 cm³/mol. The number of amides is 2. The second kappa shape index (κ2) is 9.65. The van der Waals surface area contributed by atoms with E-state index in [1.807, 2.05) is 38.1 Å². The molecule has 0 bridgehead atoms. The summed E-state index contributed by atoms with van der Waals surface area (Å²) in [5.74, 6) is -1.75. The maximum atomic E-state index is 13.1. The summed E-state index contributed by atoms with van der Waals surface area (Å²) in [4.78, 5) is 38.9. The van der Waals surface area contributed by atoms with Gasteiger partial charge in [0, 0.05) is 18.5 Å². The number of carbonyl (C=O) groups excluding carboxylic acids is 2. The molecular formula is C26H30N2O5. The molecule has 1 fully saturated rings. The van der Waals surface area contributed by atoms with Gasteiger partial charge in [-0.1, -0.05) is 62.4 Å². The fourth-order valence-corrected chi connectivity index (χ4v) is 5.24. The lowest BCUT2D eigenvalue weighted by molar-refractivity contribution is -0.143. The van der Waals surface area contributed by atoms with Gasteiger partial charge in [0.1, 0.15) is 12.6 Å². The number of carbonyl (C=O) groups is 3. The smallest absolute Gasteiger partial charge is 0.407 e. The van der Waals surface area contributed by atoms with Crippen LogP contribution in [-0.2, 0) is 14.3 Å². The fraction of sp³-hybridized carbons (Fsp3) is 0.423. The van der Waals surface area contributed by atoms with Crippen molar-refractivity contribution in [1.29, 1.82) is 0 Å². The van der Waals surface area contributed by atoms with E-state index in [1.165, 1.54) is 0 Å². The molecule has 0 radical (unpaired) electrons. The average Bonchev–Trinajstić information content (AvgIpc) is 3.40. The van der Waals surface area contributed by atoms with Crippen molar-refractivity contribution in [3.63, 3.8) is 0 Å². The lowest BCUT2D eigenvalue weighted by Crippen LogP contribution is -2.51. The van der Waals surface area contributed by atoms with E-state index in [4.69, 9.17) is 4.74 Å². The molecule has 2 N–H and O–H groups in total. The third-order valence-corrected chi connectivity index (χ3v) is 6.91. The van der Waals surface area contributed by atoms with Gasteiger partial charge in [0.15, 0.2) is 0 Å². The maximum absolute atomic E-state index is 13.1. The number of hydrogen-bond donors (Lipinski definition) is 2. The Balaban J connectivity index is 1.40. The molecule has 2 aliphatic rings.